The number of fused-ring (bicyclic) bond motifs is 1. The molecule has 3 aromatic carbocycles. The molecule has 0 aromatic heterocycles. The Morgan fingerprint density at radius 2 is 1.75 bits per heavy atom. The second kappa shape index (κ2) is 11.4. The van der Waals surface area contributed by atoms with Crippen LogP contribution in [-0.4, -0.2) is 52.8 Å². The summed E-state index contributed by atoms with van der Waals surface area (Å²) in [7, 11) is -3.22. The van der Waals surface area contributed by atoms with Gasteiger partial charge in [-0.1, -0.05) is 12.1 Å². The highest BCUT2D eigenvalue weighted by Gasteiger charge is 2.38. The van der Waals surface area contributed by atoms with Crippen LogP contribution < -0.4 is 9.04 Å². The number of rotatable bonds is 9. The summed E-state index contributed by atoms with van der Waals surface area (Å²) in [5.41, 5.74) is -1.27. The van der Waals surface area contributed by atoms with Gasteiger partial charge in [-0.2, -0.15) is 22.0 Å². The van der Waals surface area contributed by atoms with Gasteiger partial charge in [-0.25, -0.2) is 17.1 Å². The first-order valence-electron chi connectivity index (χ1n) is 11.7. The van der Waals surface area contributed by atoms with Gasteiger partial charge < -0.3 is 14.4 Å². The van der Waals surface area contributed by atoms with E-state index in [-0.39, 0.29) is 35.5 Å². The Morgan fingerprint density at radius 3 is 2.42 bits per heavy atom. The number of alkyl halides is 5. The molecule has 0 saturated heterocycles. The first-order valence-corrected chi connectivity index (χ1v) is 13.1. The molecule has 14 heteroatoms. The monoisotopic (exact) mass is 588 g/mol. The molecule has 1 aliphatic rings. The van der Waals surface area contributed by atoms with E-state index in [1.54, 1.807) is 0 Å². The van der Waals surface area contributed by atoms with Gasteiger partial charge in [0.05, 0.1) is 21.7 Å². The summed E-state index contributed by atoms with van der Waals surface area (Å²) in [5.74, 6) is -1.95. The zero-order valence-electron chi connectivity index (χ0n) is 20.8. The lowest BCUT2D eigenvalue weighted by molar-refractivity contribution is -0.137. The van der Waals surface area contributed by atoms with E-state index >= 15 is 0 Å². The molecule has 0 N–H and O–H groups in total. The van der Waals surface area contributed by atoms with Gasteiger partial charge in [-0.05, 0) is 60.0 Å². The number of benzene rings is 3. The quantitative estimate of drug-likeness (QED) is 0.235. The fraction of sp³-hybridized carbons (Fsp3) is 0.269. The van der Waals surface area contributed by atoms with Crippen LogP contribution in [0.25, 0.3) is 11.1 Å². The molecular weight excluding hydrogens is 566 g/mol. The van der Waals surface area contributed by atoms with Crippen LogP contribution in [0.3, 0.4) is 0 Å². The predicted molar refractivity (Wildman–Crippen MR) is 132 cm³/mol. The van der Waals surface area contributed by atoms with Crippen molar-refractivity contribution in [2.45, 2.75) is 24.1 Å². The number of amides is 1. The highest BCUT2D eigenvalue weighted by molar-refractivity contribution is 7.92. The number of carbonyl (C=O) groups is 1. The standard InChI is InChI=1S/C26H22F6N2O5S/c1-38-9-3-8-33-15-34(40(36,37)21-5-2-4-18(13-21)26(30,31)32)23-12-16(6-7-22(23)24(33)35)17-10-19(27)14-20(11-17)39-25(28)29/h2,4-7,10-14,25H,3,8-9,15H2,1H3. The van der Waals surface area contributed by atoms with Gasteiger partial charge in [0.15, 0.2) is 0 Å². The first-order chi connectivity index (χ1) is 18.8. The van der Waals surface area contributed by atoms with E-state index in [2.05, 4.69) is 4.74 Å². The van der Waals surface area contributed by atoms with Crippen LogP contribution in [0, 0.1) is 5.82 Å². The second-order valence-electron chi connectivity index (χ2n) is 8.72. The maximum atomic E-state index is 14.2. The molecule has 1 amide bonds. The molecule has 0 atom stereocenters. The molecule has 0 radical (unpaired) electrons. The Balaban J connectivity index is 1.84. The predicted octanol–water partition coefficient (Wildman–Crippen LogP) is 5.76. The van der Waals surface area contributed by atoms with E-state index in [0.29, 0.717) is 12.5 Å². The van der Waals surface area contributed by atoms with E-state index in [1.807, 2.05) is 0 Å². The lowest BCUT2D eigenvalue weighted by Gasteiger charge is -2.37. The molecule has 1 heterocycles. The van der Waals surface area contributed by atoms with Crippen molar-refractivity contribution in [1.82, 2.24) is 4.90 Å². The second-order valence-corrected chi connectivity index (χ2v) is 10.6. The molecule has 214 valence electrons. The molecule has 0 aliphatic carbocycles. The molecule has 0 unspecified atom stereocenters. The molecule has 0 fully saturated rings. The number of nitrogens with zero attached hydrogens (tertiary/aromatic N) is 2. The molecule has 0 spiro atoms. The summed E-state index contributed by atoms with van der Waals surface area (Å²) in [6, 6.07) is 9.88. The Kier molecular flexibility index (Phi) is 8.30. The van der Waals surface area contributed by atoms with Crippen molar-refractivity contribution in [2.75, 3.05) is 31.2 Å². The third-order valence-corrected chi connectivity index (χ3v) is 7.78. The largest absolute Gasteiger partial charge is 0.435 e. The van der Waals surface area contributed by atoms with Crippen LogP contribution in [-0.2, 0) is 20.9 Å². The Hall–Kier alpha value is -3.78. The number of hydrogen-bond donors (Lipinski definition) is 0. The van der Waals surface area contributed by atoms with Gasteiger partial charge in [0.25, 0.3) is 15.9 Å². The zero-order valence-corrected chi connectivity index (χ0v) is 21.6. The average Bonchev–Trinajstić information content (AvgIpc) is 2.88. The minimum Gasteiger partial charge on any atom is -0.435 e. The minimum atomic E-state index is -4.81. The van der Waals surface area contributed by atoms with Crippen LogP contribution in [0.5, 0.6) is 5.75 Å². The highest BCUT2D eigenvalue weighted by Crippen LogP contribution is 2.38. The molecule has 0 bridgehead atoms. The molecule has 3 aromatic rings. The maximum Gasteiger partial charge on any atom is 0.416 e. The number of ether oxygens (including phenoxy) is 2. The van der Waals surface area contributed by atoms with E-state index in [0.717, 1.165) is 40.7 Å². The molecule has 1 aliphatic heterocycles. The van der Waals surface area contributed by atoms with E-state index < -0.39 is 57.4 Å². The van der Waals surface area contributed by atoms with Crippen molar-refractivity contribution in [3.8, 4) is 16.9 Å². The van der Waals surface area contributed by atoms with Crippen LogP contribution in [0.1, 0.15) is 22.3 Å². The summed E-state index contributed by atoms with van der Waals surface area (Å²) in [4.78, 5) is 13.8. The number of sulfonamides is 1. The highest BCUT2D eigenvalue weighted by atomic mass is 32.2. The molecule has 0 saturated carbocycles. The fourth-order valence-electron chi connectivity index (χ4n) is 4.20. The van der Waals surface area contributed by atoms with E-state index in [1.165, 1.54) is 30.2 Å². The SMILES string of the molecule is COCCCN1CN(S(=O)(=O)c2cccc(C(F)(F)F)c2)c2cc(-c3cc(F)cc(OC(F)F)c3)ccc2C1=O. The lowest BCUT2D eigenvalue weighted by atomic mass is 10.00. The van der Waals surface area contributed by atoms with Crippen molar-refractivity contribution in [1.29, 1.82) is 0 Å². The Morgan fingerprint density at radius 1 is 1.00 bits per heavy atom. The van der Waals surface area contributed by atoms with Crippen LogP contribution in [0.15, 0.2) is 65.6 Å². The third-order valence-electron chi connectivity index (χ3n) is 6.04. The summed E-state index contributed by atoms with van der Waals surface area (Å²) < 4.78 is 117. The number of methoxy groups -OCH3 is 1. The van der Waals surface area contributed by atoms with Gasteiger partial charge in [0.1, 0.15) is 18.2 Å². The fourth-order valence-corrected chi connectivity index (χ4v) is 5.68. The van der Waals surface area contributed by atoms with Crippen LogP contribution >= 0.6 is 0 Å². The van der Waals surface area contributed by atoms with Gasteiger partial charge >= 0.3 is 12.8 Å². The van der Waals surface area contributed by atoms with Crippen molar-refractivity contribution < 1.29 is 49.0 Å². The maximum absolute atomic E-state index is 14.2. The van der Waals surface area contributed by atoms with E-state index in [4.69, 9.17) is 4.74 Å². The number of halogens is 6. The molecule has 4 rings (SSSR count). The van der Waals surface area contributed by atoms with Gasteiger partial charge in [-0.15, -0.1) is 0 Å². The van der Waals surface area contributed by atoms with Gasteiger partial charge in [0, 0.05) is 26.3 Å². The van der Waals surface area contributed by atoms with Crippen molar-refractivity contribution in [3.63, 3.8) is 0 Å². The number of anilines is 1. The van der Waals surface area contributed by atoms with Gasteiger partial charge in [0.2, 0.25) is 0 Å². The van der Waals surface area contributed by atoms with Gasteiger partial charge in [-0.3, -0.25) is 4.79 Å². The average molecular weight is 589 g/mol. The zero-order chi connectivity index (χ0) is 29.2. The number of carbonyl (C=O) groups excluding carboxylic acids is 1. The smallest absolute Gasteiger partial charge is 0.416 e. The summed E-state index contributed by atoms with van der Waals surface area (Å²) in [6.07, 6.45) is -4.46. The summed E-state index contributed by atoms with van der Waals surface area (Å²) in [6.45, 7) is -3.41. The first kappa shape index (κ1) is 29.2. The minimum absolute atomic E-state index is 0.0323. The Labute approximate surface area is 225 Å². The topological polar surface area (TPSA) is 76.2 Å². The molecular formula is C26H22F6N2O5S. The number of hydrogen-bond acceptors (Lipinski definition) is 5. The lowest BCUT2D eigenvalue weighted by Crippen LogP contribution is -2.49. The Bertz CT molecular complexity index is 1510. The molecule has 40 heavy (non-hydrogen) atoms. The third kappa shape index (κ3) is 6.17. The van der Waals surface area contributed by atoms with Crippen LogP contribution in [0.4, 0.5) is 32.0 Å². The van der Waals surface area contributed by atoms with Crippen molar-refractivity contribution in [2.24, 2.45) is 0 Å². The van der Waals surface area contributed by atoms with E-state index in [9.17, 15) is 39.6 Å². The summed E-state index contributed by atoms with van der Waals surface area (Å²) >= 11 is 0. The normalized spacial score (nSPS) is 14.1. The van der Waals surface area contributed by atoms with Crippen molar-refractivity contribution in [3.05, 3.63) is 77.6 Å². The van der Waals surface area contributed by atoms with Crippen molar-refractivity contribution >= 4 is 21.6 Å². The summed E-state index contributed by atoms with van der Waals surface area (Å²) in [5, 5.41) is 0. The molecule has 7 nitrogen and oxygen atoms in total. The van der Waals surface area contributed by atoms with Crippen LogP contribution in [0.2, 0.25) is 0 Å².